The average Bonchev–Trinajstić information content (AvgIpc) is 3.00. The van der Waals surface area contributed by atoms with Gasteiger partial charge >= 0.3 is 0 Å². The first kappa shape index (κ1) is 14.9. The van der Waals surface area contributed by atoms with Gasteiger partial charge in [0.2, 0.25) is 5.95 Å². The number of para-hydroxylation sites is 1. The number of H-pyrrole nitrogens is 1. The minimum Gasteiger partial charge on any atom is -0.339 e. The van der Waals surface area contributed by atoms with E-state index in [1.54, 1.807) is 0 Å². The standard InChI is InChI=1S/C16H20N8/c17-10-6-11(18)8-24(7-10)16-22-13-14(19-9-20-15(13)23-16)21-12-4-2-1-3-5-12/h1-5,9-11H,6-8,17-18H2,(H2,19,20,21,22,23). The van der Waals surface area contributed by atoms with Crippen LogP contribution in [0.25, 0.3) is 11.2 Å². The lowest BCUT2D eigenvalue weighted by molar-refractivity contribution is 0.448. The molecule has 8 heteroatoms. The molecule has 0 spiro atoms. The molecule has 2 unspecified atom stereocenters. The molecule has 1 fully saturated rings. The fraction of sp³-hybridized carbons (Fsp3) is 0.312. The van der Waals surface area contributed by atoms with E-state index in [-0.39, 0.29) is 12.1 Å². The number of hydrogen-bond acceptors (Lipinski definition) is 7. The Morgan fingerprint density at radius 2 is 1.83 bits per heavy atom. The molecule has 4 rings (SSSR count). The molecule has 3 aromatic rings. The summed E-state index contributed by atoms with van der Waals surface area (Å²) >= 11 is 0. The number of imidazole rings is 1. The van der Waals surface area contributed by atoms with Crippen LogP contribution in [0.15, 0.2) is 36.7 Å². The number of nitrogens with two attached hydrogens (primary N) is 2. The molecule has 0 amide bonds. The second kappa shape index (κ2) is 6.06. The van der Waals surface area contributed by atoms with Crippen LogP contribution < -0.4 is 21.7 Å². The first-order valence-corrected chi connectivity index (χ1v) is 7.98. The Morgan fingerprint density at radius 3 is 2.58 bits per heavy atom. The van der Waals surface area contributed by atoms with E-state index in [2.05, 4.69) is 30.2 Å². The van der Waals surface area contributed by atoms with E-state index < -0.39 is 0 Å². The van der Waals surface area contributed by atoms with Gasteiger partial charge in [-0.05, 0) is 18.6 Å². The van der Waals surface area contributed by atoms with Gasteiger partial charge in [0.1, 0.15) is 11.8 Å². The molecule has 2 aromatic heterocycles. The SMILES string of the molecule is NC1CC(N)CN(c2nc3ncnc(Nc4ccccc4)c3[nH]2)C1. The van der Waals surface area contributed by atoms with E-state index in [9.17, 15) is 0 Å². The van der Waals surface area contributed by atoms with Gasteiger partial charge in [0.15, 0.2) is 11.5 Å². The summed E-state index contributed by atoms with van der Waals surface area (Å²) in [6.45, 7) is 1.45. The van der Waals surface area contributed by atoms with Crippen LogP contribution in [0.4, 0.5) is 17.5 Å². The van der Waals surface area contributed by atoms with Crippen LogP contribution in [0.5, 0.6) is 0 Å². The fourth-order valence-corrected chi connectivity index (χ4v) is 3.07. The number of nitrogens with zero attached hydrogens (tertiary/aromatic N) is 4. The third-order valence-corrected chi connectivity index (χ3v) is 4.13. The zero-order chi connectivity index (χ0) is 16.5. The summed E-state index contributed by atoms with van der Waals surface area (Å²) in [7, 11) is 0. The predicted molar refractivity (Wildman–Crippen MR) is 94.2 cm³/mol. The molecule has 6 N–H and O–H groups in total. The number of anilines is 3. The highest BCUT2D eigenvalue weighted by molar-refractivity contribution is 5.86. The van der Waals surface area contributed by atoms with Crippen molar-refractivity contribution in [3.63, 3.8) is 0 Å². The van der Waals surface area contributed by atoms with Crippen molar-refractivity contribution in [3.8, 4) is 0 Å². The maximum absolute atomic E-state index is 6.08. The number of rotatable bonds is 3. The Bertz CT molecular complexity index is 820. The van der Waals surface area contributed by atoms with Crippen LogP contribution in [0.2, 0.25) is 0 Å². The van der Waals surface area contributed by atoms with E-state index in [0.29, 0.717) is 11.5 Å². The molecule has 1 aliphatic rings. The Morgan fingerprint density at radius 1 is 1.08 bits per heavy atom. The van der Waals surface area contributed by atoms with E-state index >= 15 is 0 Å². The first-order valence-electron chi connectivity index (χ1n) is 7.98. The molecule has 3 heterocycles. The molecule has 2 atom stereocenters. The van der Waals surface area contributed by atoms with E-state index in [0.717, 1.165) is 36.7 Å². The van der Waals surface area contributed by atoms with Crippen molar-refractivity contribution in [1.29, 1.82) is 0 Å². The third kappa shape index (κ3) is 2.89. The van der Waals surface area contributed by atoms with Crippen LogP contribution in [-0.2, 0) is 0 Å². The molecule has 0 bridgehead atoms. The summed E-state index contributed by atoms with van der Waals surface area (Å²) < 4.78 is 0. The van der Waals surface area contributed by atoms with Gasteiger partial charge in [-0.25, -0.2) is 9.97 Å². The van der Waals surface area contributed by atoms with Crippen molar-refractivity contribution in [3.05, 3.63) is 36.7 Å². The Hall–Kier alpha value is -2.71. The number of aromatic amines is 1. The molecule has 124 valence electrons. The van der Waals surface area contributed by atoms with Gasteiger partial charge in [-0.2, -0.15) is 4.98 Å². The fourth-order valence-electron chi connectivity index (χ4n) is 3.07. The maximum Gasteiger partial charge on any atom is 0.205 e. The topological polar surface area (TPSA) is 122 Å². The van der Waals surface area contributed by atoms with Gasteiger partial charge < -0.3 is 26.7 Å². The monoisotopic (exact) mass is 324 g/mol. The quantitative estimate of drug-likeness (QED) is 0.566. The van der Waals surface area contributed by atoms with Gasteiger partial charge in [0.05, 0.1) is 0 Å². The number of aromatic nitrogens is 4. The number of benzene rings is 1. The highest BCUT2D eigenvalue weighted by atomic mass is 15.3. The van der Waals surface area contributed by atoms with Gasteiger partial charge in [0, 0.05) is 30.9 Å². The molecule has 24 heavy (non-hydrogen) atoms. The van der Waals surface area contributed by atoms with Gasteiger partial charge in [-0.1, -0.05) is 18.2 Å². The van der Waals surface area contributed by atoms with Crippen LogP contribution in [0.3, 0.4) is 0 Å². The second-order valence-corrected chi connectivity index (χ2v) is 6.13. The Kier molecular flexibility index (Phi) is 3.75. The summed E-state index contributed by atoms with van der Waals surface area (Å²) in [5.74, 6) is 1.42. The number of hydrogen-bond donors (Lipinski definition) is 4. The summed E-state index contributed by atoms with van der Waals surface area (Å²) in [6, 6.07) is 9.97. The van der Waals surface area contributed by atoms with Crippen molar-refractivity contribution in [2.75, 3.05) is 23.3 Å². The second-order valence-electron chi connectivity index (χ2n) is 6.13. The van der Waals surface area contributed by atoms with Gasteiger partial charge in [-0.3, -0.25) is 0 Å². The number of piperidine rings is 1. The third-order valence-electron chi connectivity index (χ3n) is 4.13. The molecular weight excluding hydrogens is 304 g/mol. The maximum atomic E-state index is 6.08. The van der Waals surface area contributed by atoms with Crippen LogP contribution in [-0.4, -0.2) is 45.1 Å². The highest BCUT2D eigenvalue weighted by Crippen LogP contribution is 2.25. The van der Waals surface area contributed by atoms with Crippen molar-refractivity contribution >= 4 is 28.6 Å². The smallest absolute Gasteiger partial charge is 0.205 e. The van der Waals surface area contributed by atoms with Gasteiger partial charge in [-0.15, -0.1) is 0 Å². The molecule has 1 aliphatic heterocycles. The van der Waals surface area contributed by atoms with Crippen LogP contribution in [0, 0.1) is 0 Å². The largest absolute Gasteiger partial charge is 0.339 e. The van der Waals surface area contributed by atoms with Crippen LogP contribution in [0.1, 0.15) is 6.42 Å². The molecule has 1 saturated heterocycles. The summed E-state index contributed by atoms with van der Waals surface area (Å²) in [4.78, 5) is 18.5. The molecule has 0 aliphatic carbocycles. The molecule has 0 radical (unpaired) electrons. The number of nitrogens with one attached hydrogen (secondary N) is 2. The molecular formula is C16H20N8. The van der Waals surface area contributed by atoms with Crippen molar-refractivity contribution < 1.29 is 0 Å². The Labute approximate surface area is 139 Å². The highest BCUT2D eigenvalue weighted by Gasteiger charge is 2.25. The zero-order valence-corrected chi connectivity index (χ0v) is 13.2. The lowest BCUT2D eigenvalue weighted by Gasteiger charge is -2.34. The van der Waals surface area contributed by atoms with E-state index in [1.165, 1.54) is 6.33 Å². The predicted octanol–water partition coefficient (Wildman–Crippen LogP) is 0.961. The van der Waals surface area contributed by atoms with Crippen molar-refractivity contribution in [2.24, 2.45) is 11.5 Å². The zero-order valence-electron chi connectivity index (χ0n) is 13.2. The van der Waals surface area contributed by atoms with E-state index in [4.69, 9.17) is 11.5 Å². The number of fused-ring (bicyclic) bond motifs is 1. The summed E-state index contributed by atoms with van der Waals surface area (Å²) in [6.07, 6.45) is 2.34. The minimum absolute atomic E-state index is 0.0509. The van der Waals surface area contributed by atoms with Gasteiger partial charge in [0.25, 0.3) is 0 Å². The van der Waals surface area contributed by atoms with Crippen molar-refractivity contribution in [1.82, 2.24) is 19.9 Å². The summed E-state index contributed by atoms with van der Waals surface area (Å²) in [5, 5.41) is 3.29. The molecule has 8 nitrogen and oxygen atoms in total. The lowest BCUT2D eigenvalue weighted by atomic mass is 10.0. The lowest BCUT2D eigenvalue weighted by Crippen LogP contribution is -2.52. The average molecular weight is 324 g/mol. The minimum atomic E-state index is 0.0509. The van der Waals surface area contributed by atoms with E-state index in [1.807, 2.05) is 30.3 Å². The molecule has 1 aromatic carbocycles. The van der Waals surface area contributed by atoms with Crippen LogP contribution >= 0.6 is 0 Å². The summed E-state index contributed by atoms with van der Waals surface area (Å²) in [5.41, 5.74) is 14.5. The first-order chi connectivity index (χ1) is 11.7. The van der Waals surface area contributed by atoms with Crippen molar-refractivity contribution in [2.45, 2.75) is 18.5 Å². The Balaban J connectivity index is 1.67. The normalized spacial score (nSPS) is 21.2. The molecule has 0 saturated carbocycles.